The highest BCUT2D eigenvalue weighted by Crippen LogP contribution is 2.33. The van der Waals surface area contributed by atoms with Gasteiger partial charge in [-0.05, 0) is 18.2 Å². The van der Waals surface area contributed by atoms with Crippen molar-refractivity contribution >= 4 is 17.7 Å². The average molecular weight is 270 g/mol. The molecule has 0 aromatic heterocycles. The van der Waals surface area contributed by atoms with Gasteiger partial charge in [0.25, 0.3) is 0 Å². The lowest BCUT2D eigenvalue weighted by Gasteiger charge is -2.34. The number of morpholine rings is 1. The van der Waals surface area contributed by atoms with E-state index in [-0.39, 0.29) is 0 Å². The molecule has 0 saturated carbocycles. The zero-order chi connectivity index (χ0) is 13.8. The molecule has 0 amide bonds. The molecule has 2 heterocycles. The second kappa shape index (κ2) is 5.92. The fraction of sp³-hybridized carbons (Fsp3) is 0.312. The molecule has 3 rings (SSSR count). The van der Waals surface area contributed by atoms with E-state index in [0.29, 0.717) is 0 Å². The zero-order valence-electron chi connectivity index (χ0n) is 11.4. The van der Waals surface area contributed by atoms with Gasteiger partial charge in [-0.2, -0.15) is 0 Å². The van der Waals surface area contributed by atoms with Crippen molar-refractivity contribution in [3.63, 3.8) is 0 Å². The van der Waals surface area contributed by atoms with Gasteiger partial charge in [0.15, 0.2) is 6.29 Å². The molecule has 4 heteroatoms. The monoisotopic (exact) mass is 270 g/mol. The maximum Gasteiger partial charge on any atom is 0.152 e. The van der Waals surface area contributed by atoms with Crippen molar-refractivity contribution in [2.24, 2.45) is 0 Å². The summed E-state index contributed by atoms with van der Waals surface area (Å²) in [6.07, 6.45) is 9.06. The van der Waals surface area contributed by atoms with Crippen molar-refractivity contribution in [1.82, 2.24) is 0 Å². The van der Waals surface area contributed by atoms with Crippen molar-refractivity contribution < 1.29 is 9.53 Å². The van der Waals surface area contributed by atoms with Crippen LogP contribution in [0.15, 0.2) is 42.6 Å². The predicted octanol–water partition coefficient (Wildman–Crippen LogP) is 2.23. The number of anilines is 2. The Labute approximate surface area is 118 Å². The Hall–Kier alpha value is -2.07. The van der Waals surface area contributed by atoms with Gasteiger partial charge in [0.1, 0.15) is 0 Å². The van der Waals surface area contributed by atoms with E-state index in [1.54, 1.807) is 0 Å². The van der Waals surface area contributed by atoms with Crippen molar-refractivity contribution in [2.45, 2.75) is 0 Å². The van der Waals surface area contributed by atoms with Crippen molar-refractivity contribution in [3.05, 3.63) is 48.2 Å². The minimum Gasteiger partial charge on any atom is -0.378 e. The Morgan fingerprint density at radius 2 is 2.00 bits per heavy atom. The van der Waals surface area contributed by atoms with Crippen LogP contribution in [0.2, 0.25) is 0 Å². The normalized spacial score (nSPS) is 18.4. The summed E-state index contributed by atoms with van der Waals surface area (Å²) in [5, 5.41) is 0. The van der Waals surface area contributed by atoms with Crippen LogP contribution in [0.1, 0.15) is 10.4 Å². The highest BCUT2D eigenvalue weighted by Gasteiger charge is 2.20. The minimum absolute atomic E-state index is 0.731. The molecule has 1 saturated heterocycles. The van der Waals surface area contributed by atoms with Crippen molar-refractivity contribution in [2.75, 3.05) is 42.6 Å². The first-order valence-electron chi connectivity index (χ1n) is 6.91. The van der Waals surface area contributed by atoms with E-state index in [4.69, 9.17) is 4.74 Å². The van der Waals surface area contributed by atoms with E-state index < -0.39 is 0 Å². The molecule has 0 radical (unpaired) electrons. The lowest BCUT2D eigenvalue weighted by atomic mass is 10.1. The molecule has 0 N–H and O–H groups in total. The number of hydrogen-bond donors (Lipinski definition) is 0. The van der Waals surface area contributed by atoms with E-state index in [1.807, 2.05) is 30.5 Å². The standard InChI is InChI=1S/C16H18N2O2/c19-13-14-5-4-6-15(17-9-11-20-12-10-17)16(14)18-7-2-1-3-8-18/h1-7,13H,8-12H2. The summed E-state index contributed by atoms with van der Waals surface area (Å²) in [6, 6.07) is 5.90. The lowest BCUT2D eigenvalue weighted by molar-refractivity contribution is 0.112. The Kier molecular flexibility index (Phi) is 3.83. The molecule has 0 unspecified atom stereocenters. The first-order chi connectivity index (χ1) is 9.90. The van der Waals surface area contributed by atoms with Gasteiger partial charge < -0.3 is 14.5 Å². The molecular formula is C16H18N2O2. The summed E-state index contributed by atoms with van der Waals surface area (Å²) in [6.45, 7) is 3.99. The van der Waals surface area contributed by atoms with Crippen LogP contribution in [-0.2, 0) is 4.74 Å². The summed E-state index contributed by atoms with van der Waals surface area (Å²) < 4.78 is 5.41. The second-order valence-electron chi connectivity index (χ2n) is 4.85. The van der Waals surface area contributed by atoms with Gasteiger partial charge in [0.2, 0.25) is 0 Å². The molecule has 1 aromatic rings. The van der Waals surface area contributed by atoms with Gasteiger partial charge >= 0.3 is 0 Å². The molecule has 104 valence electrons. The molecule has 1 aromatic carbocycles. The molecule has 0 spiro atoms. The smallest absolute Gasteiger partial charge is 0.152 e. The fourth-order valence-electron chi connectivity index (χ4n) is 2.65. The van der Waals surface area contributed by atoms with E-state index in [1.165, 1.54) is 0 Å². The Bertz CT molecular complexity index is 545. The van der Waals surface area contributed by atoms with Gasteiger partial charge in [-0.15, -0.1) is 0 Å². The third kappa shape index (κ3) is 2.47. The molecule has 0 aliphatic carbocycles. The zero-order valence-corrected chi connectivity index (χ0v) is 11.4. The highest BCUT2D eigenvalue weighted by atomic mass is 16.5. The van der Waals surface area contributed by atoms with Gasteiger partial charge in [-0.25, -0.2) is 0 Å². The maximum atomic E-state index is 11.4. The van der Waals surface area contributed by atoms with Gasteiger partial charge in [0.05, 0.1) is 24.6 Å². The molecule has 20 heavy (non-hydrogen) atoms. The number of allylic oxidation sites excluding steroid dienone is 2. The number of carbonyl (C=O) groups is 1. The maximum absolute atomic E-state index is 11.4. The number of para-hydroxylation sites is 1. The molecule has 4 nitrogen and oxygen atoms in total. The SMILES string of the molecule is O=Cc1cccc(N2CCOCC2)c1N1C=CC=CC1. The van der Waals surface area contributed by atoms with Crippen LogP contribution in [0.5, 0.6) is 0 Å². The lowest BCUT2D eigenvalue weighted by Crippen LogP contribution is -2.37. The fourth-order valence-corrected chi connectivity index (χ4v) is 2.65. The quantitative estimate of drug-likeness (QED) is 0.789. The molecule has 2 aliphatic heterocycles. The number of nitrogens with zero attached hydrogens (tertiary/aromatic N) is 2. The average Bonchev–Trinajstić information content (AvgIpc) is 2.55. The third-order valence-corrected chi connectivity index (χ3v) is 3.63. The largest absolute Gasteiger partial charge is 0.378 e. The van der Waals surface area contributed by atoms with E-state index in [9.17, 15) is 4.79 Å². The van der Waals surface area contributed by atoms with Gasteiger partial charge in [-0.1, -0.05) is 18.2 Å². The van der Waals surface area contributed by atoms with Crippen LogP contribution < -0.4 is 9.80 Å². The van der Waals surface area contributed by atoms with Crippen molar-refractivity contribution in [3.8, 4) is 0 Å². The summed E-state index contributed by atoms with van der Waals surface area (Å²) in [7, 11) is 0. The number of aldehydes is 1. The molecule has 2 aliphatic rings. The molecule has 0 bridgehead atoms. The Balaban J connectivity index is 2.01. The molecule has 0 atom stereocenters. The predicted molar refractivity (Wildman–Crippen MR) is 80.5 cm³/mol. The van der Waals surface area contributed by atoms with Crippen LogP contribution in [0.4, 0.5) is 11.4 Å². The molecular weight excluding hydrogens is 252 g/mol. The summed E-state index contributed by atoms with van der Waals surface area (Å²) in [5.41, 5.74) is 2.83. The van der Waals surface area contributed by atoms with E-state index >= 15 is 0 Å². The number of hydrogen-bond acceptors (Lipinski definition) is 4. The van der Waals surface area contributed by atoms with Crippen molar-refractivity contribution in [1.29, 1.82) is 0 Å². The van der Waals surface area contributed by atoms with Crippen LogP contribution in [0.25, 0.3) is 0 Å². The van der Waals surface area contributed by atoms with Crippen LogP contribution in [0, 0.1) is 0 Å². The highest BCUT2D eigenvalue weighted by molar-refractivity contribution is 5.92. The first-order valence-corrected chi connectivity index (χ1v) is 6.91. The number of rotatable bonds is 3. The Morgan fingerprint density at radius 1 is 1.15 bits per heavy atom. The van der Waals surface area contributed by atoms with Crippen LogP contribution in [-0.4, -0.2) is 39.1 Å². The number of benzene rings is 1. The first kappa shape index (κ1) is 12.9. The van der Waals surface area contributed by atoms with E-state index in [2.05, 4.69) is 21.9 Å². The van der Waals surface area contributed by atoms with Gasteiger partial charge in [-0.3, -0.25) is 4.79 Å². The van der Waals surface area contributed by atoms with E-state index in [0.717, 1.165) is 56.1 Å². The van der Waals surface area contributed by atoms with Crippen LogP contribution >= 0.6 is 0 Å². The topological polar surface area (TPSA) is 32.8 Å². The summed E-state index contributed by atoms with van der Waals surface area (Å²) in [5.74, 6) is 0. The second-order valence-corrected chi connectivity index (χ2v) is 4.85. The van der Waals surface area contributed by atoms with Crippen LogP contribution in [0.3, 0.4) is 0 Å². The number of carbonyl (C=O) groups excluding carboxylic acids is 1. The third-order valence-electron chi connectivity index (χ3n) is 3.63. The minimum atomic E-state index is 0.731. The summed E-state index contributed by atoms with van der Waals surface area (Å²) in [4.78, 5) is 15.8. The Morgan fingerprint density at radius 3 is 2.70 bits per heavy atom. The number of ether oxygens (including phenoxy) is 1. The van der Waals surface area contributed by atoms with Gasteiger partial charge in [0, 0.05) is 31.4 Å². The summed E-state index contributed by atoms with van der Waals surface area (Å²) >= 11 is 0. The molecule has 1 fully saturated rings.